The first-order valence-corrected chi connectivity index (χ1v) is 12.5. The molecule has 3 aromatic rings. The lowest BCUT2D eigenvalue weighted by Crippen LogP contribution is -2.52. The van der Waals surface area contributed by atoms with E-state index >= 15 is 0 Å². The SMILES string of the molecule is C[C@H](NC(=O)OCc1ccccc1)[C@@H](O)CN(Cc1ccc(-c2ccccn2)cc1)NC(=O)OC(C)(C)C. The Hall–Kier alpha value is -3.95. The molecule has 0 saturated heterocycles. The van der Waals surface area contributed by atoms with Gasteiger partial charge >= 0.3 is 12.2 Å². The molecule has 38 heavy (non-hydrogen) atoms. The Labute approximate surface area is 223 Å². The van der Waals surface area contributed by atoms with Crippen molar-refractivity contribution in [1.29, 1.82) is 0 Å². The highest BCUT2D eigenvalue weighted by atomic mass is 16.6. The lowest BCUT2D eigenvalue weighted by molar-refractivity contribution is 0.0154. The molecular formula is C29H36N4O5. The third kappa shape index (κ3) is 9.84. The normalized spacial score (nSPS) is 12.9. The molecular weight excluding hydrogens is 484 g/mol. The third-order valence-corrected chi connectivity index (χ3v) is 5.48. The fourth-order valence-corrected chi connectivity index (χ4v) is 3.55. The first-order valence-electron chi connectivity index (χ1n) is 12.5. The lowest BCUT2D eigenvalue weighted by atomic mass is 10.1. The molecule has 0 aliphatic carbocycles. The summed E-state index contributed by atoms with van der Waals surface area (Å²) in [5.41, 5.74) is 5.61. The van der Waals surface area contributed by atoms with Gasteiger partial charge < -0.3 is 19.9 Å². The van der Waals surface area contributed by atoms with Crippen LogP contribution in [0.1, 0.15) is 38.8 Å². The third-order valence-electron chi connectivity index (χ3n) is 5.48. The fourth-order valence-electron chi connectivity index (χ4n) is 3.55. The molecule has 2 aromatic carbocycles. The zero-order valence-corrected chi connectivity index (χ0v) is 22.3. The number of carbonyl (C=O) groups excluding carboxylic acids is 2. The predicted octanol–water partition coefficient (Wildman–Crippen LogP) is 4.67. The average Bonchev–Trinajstić information content (AvgIpc) is 2.88. The molecule has 0 saturated carbocycles. The van der Waals surface area contributed by atoms with Crippen LogP contribution in [-0.2, 0) is 22.6 Å². The van der Waals surface area contributed by atoms with Gasteiger partial charge in [-0.2, -0.15) is 0 Å². The van der Waals surface area contributed by atoms with Crippen molar-refractivity contribution >= 4 is 12.2 Å². The second kappa shape index (κ2) is 13.6. The number of nitrogens with one attached hydrogen (secondary N) is 2. The molecule has 3 N–H and O–H groups in total. The van der Waals surface area contributed by atoms with E-state index in [-0.39, 0.29) is 13.2 Å². The van der Waals surface area contributed by atoms with Gasteiger partial charge in [-0.3, -0.25) is 10.4 Å². The number of aromatic nitrogens is 1. The van der Waals surface area contributed by atoms with Crippen LogP contribution in [-0.4, -0.2) is 51.6 Å². The van der Waals surface area contributed by atoms with Gasteiger partial charge in [0.05, 0.1) is 17.8 Å². The van der Waals surface area contributed by atoms with E-state index in [0.717, 1.165) is 22.4 Å². The molecule has 1 heterocycles. The number of ether oxygens (including phenoxy) is 2. The number of aliphatic hydroxyl groups excluding tert-OH is 1. The molecule has 9 heteroatoms. The van der Waals surface area contributed by atoms with E-state index in [4.69, 9.17) is 9.47 Å². The summed E-state index contributed by atoms with van der Waals surface area (Å²) in [6, 6.07) is 22.2. The maximum atomic E-state index is 12.5. The van der Waals surface area contributed by atoms with Crippen LogP contribution in [0, 0.1) is 0 Å². The van der Waals surface area contributed by atoms with Crippen LogP contribution in [0.4, 0.5) is 9.59 Å². The molecule has 0 fully saturated rings. The van der Waals surface area contributed by atoms with Crippen molar-refractivity contribution in [2.75, 3.05) is 6.54 Å². The van der Waals surface area contributed by atoms with Crippen molar-refractivity contribution < 1.29 is 24.2 Å². The topological polar surface area (TPSA) is 113 Å². The minimum atomic E-state index is -1.01. The molecule has 0 radical (unpaired) electrons. The molecule has 0 bridgehead atoms. The number of hydrogen-bond donors (Lipinski definition) is 3. The van der Waals surface area contributed by atoms with Gasteiger partial charge in [0.15, 0.2) is 0 Å². The summed E-state index contributed by atoms with van der Waals surface area (Å²) in [5.74, 6) is 0. The van der Waals surface area contributed by atoms with Crippen LogP contribution in [0.15, 0.2) is 79.0 Å². The Balaban J connectivity index is 1.61. The highest BCUT2D eigenvalue weighted by Gasteiger charge is 2.24. The summed E-state index contributed by atoms with van der Waals surface area (Å²) in [4.78, 5) is 29.1. The molecule has 2 atom stereocenters. The number of hydrogen-bond acceptors (Lipinski definition) is 7. The highest BCUT2D eigenvalue weighted by Crippen LogP contribution is 2.18. The van der Waals surface area contributed by atoms with Gasteiger partial charge in [-0.1, -0.05) is 60.7 Å². The average molecular weight is 521 g/mol. The Morgan fingerprint density at radius 1 is 0.947 bits per heavy atom. The van der Waals surface area contributed by atoms with Crippen molar-refractivity contribution in [3.05, 3.63) is 90.1 Å². The van der Waals surface area contributed by atoms with Gasteiger partial charge in [-0.15, -0.1) is 0 Å². The largest absolute Gasteiger partial charge is 0.445 e. The number of alkyl carbamates (subject to hydrolysis) is 1. The number of benzene rings is 2. The molecule has 9 nitrogen and oxygen atoms in total. The smallest absolute Gasteiger partial charge is 0.422 e. The number of carbonyl (C=O) groups is 2. The van der Waals surface area contributed by atoms with Crippen molar-refractivity contribution in [2.24, 2.45) is 0 Å². The van der Waals surface area contributed by atoms with Crippen LogP contribution in [0.2, 0.25) is 0 Å². The molecule has 3 rings (SSSR count). The van der Waals surface area contributed by atoms with E-state index in [1.165, 1.54) is 0 Å². The Kier molecular flexibility index (Phi) is 10.2. The quantitative estimate of drug-likeness (QED) is 0.333. The Morgan fingerprint density at radius 2 is 1.63 bits per heavy atom. The second-order valence-corrected chi connectivity index (χ2v) is 9.97. The summed E-state index contributed by atoms with van der Waals surface area (Å²) in [7, 11) is 0. The minimum Gasteiger partial charge on any atom is -0.445 e. The number of aliphatic hydroxyl groups is 1. The Bertz CT molecular complexity index is 1150. The summed E-state index contributed by atoms with van der Waals surface area (Å²) >= 11 is 0. The van der Waals surface area contributed by atoms with Crippen molar-refractivity contribution in [3.8, 4) is 11.3 Å². The fraction of sp³-hybridized carbons (Fsp3) is 0.345. The van der Waals surface area contributed by atoms with E-state index in [2.05, 4.69) is 15.7 Å². The van der Waals surface area contributed by atoms with Gasteiger partial charge in [0.1, 0.15) is 12.2 Å². The van der Waals surface area contributed by atoms with Crippen LogP contribution in [0.3, 0.4) is 0 Å². The van der Waals surface area contributed by atoms with Crippen LogP contribution in [0.25, 0.3) is 11.3 Å². The minimum absolute atomic E-state index is 0.0291. The monoisotopic (exact) mass is 520 g/mol. The van der Waals surface area contributed by atoms with Gasteiger partial charge in [-0.25, -0.2) is 14.6 Å². The number of nitrogens with zero attached hydrogens (tertiary/aromatic N) is 2. The maximum absolute atomic E-state index is 12.5. The molecule has 2 amide bonds. The van der Waals surface area contributed by atoms with Crippen molar-refractivity contribution in [3.63, 3.8) is 0 Å². The zero-order chi connectivity index (χ0) is 27.5. The van der Waals surface area contributed by atoms with Crippen LogP contribution < -0.4 is 10.7 Å². The van der Waals surface area contributed by atoms with E-state index < -0.39 is 29.9 Å². The zero-order valence-electron chi connectivity index (χ0n) is 22.3. The summed E-state index contributed by atoms with van der Waals surface area (Å²) in [5, 5.41) is 15.0. The predicted molar refractivity (Wildman–Crippen MR) is 145 cm³/mol. The lowest BCUT2D eigenvalue weighted by Gasteiger charge is -2.29. The number of amides is 2. The summed E-state index contributed by atoms with van der Waals surface area (Å²) in [6.45, 7) is 7.43. The summed E-state index contributed by atoms with van der Waals surface area (Å²) in [6.07, 6.45) is -0.555. The standard InChI is InChI=1S/C29H36N4O5/c1-21(31-27(35)37-20-23-10-6-5-7-11-23)26(34)19-33(32-28(36)38-29(2,3)4)18-22-13-15-24(16-14-22)25-12-8-9-17-30-25/h5-17,21,26,34H,18-20H2,1-4H3,(H,31,35)(H,32,36)/t21-,26-/m0/s1. The van der Waals surface area contributed by atoms with E-state index in [1.54, 1.807) is 38.9 Å². The van der Waals surface area contributed by atoms with Crippen LogP contribution >= 0.6 is 0 Å². The maximum Gasteiger partial charge on any atom is 0.422 e. The molecule has 0 unspecified atom stereocenters. The first kappa shape index (κ1) is 28.6. The molecule has 0 spiro atoms. The van der Waals surface area contributed by atoms with E-state index in [9.17, 15) is 14.7 Å². The van der Waals surface area contributed by atoms with Gasteiger partial charge in [0.2, 0.25) is 0 Å². The number of rotatable bonds is 10. The second-order valence-electron chi connectivity index (χ2n) is 9.97. The van der Waals surface area contributed by atoms with E-state index in [0.29, 0.717) is 6.54 Å². The van der Waals surface area contributed by atoms with Crippen LogP contribution in [0.5, 0.6) is 0 Å². The molecule has 0 aliphatic heterocycles. The molecule has 0 aliphatic rings. The van der Waals surface area contributed by atoms with Crippen molar-refractivity contribution in [2.45, 2.75) is 58.6 Å². The van der Waals surface area contributed by atoms with Crippen molar-refractivity contribution in [1.82, 2.24) is 20.7 Å². The first-order chi connectivity index (χ1) is 18.1. The Morgan fingerprint density at radius 3 is 2.26 bits per heavy atom. The number of pyridine rings is 1. The molecule has 202 valence electrons. The summed E-state index contributed by atoms with van der Waals surface area (Å²) < 4.78 is 10.6. The number of hydrazine groups is 1. The van der Waals surface area contributed by atoms with Gasteiger partial charge in [0.25, 0.3) is 0 Å². The highest BCUT2D eigenvalue weighted by molar-refractivity contribution is 5.68. The van der Waals surface area contributed by atoms with E-state index in [1.807, 2.05) is 72.8 Å². The molecule has 1 aromatic heterocycles. The van der Waals surface area contributed by atoms with Gasteiger partial charge in [0, 0.05) is 24.8 Å². The van der Waals surface area contributed by atoms with Gasteiger partial charge in [-0.05, 0) is 51.0 Å².